The number of nitrogens with zero attached hydrogens (tertiary/aromatic N) is 1. The van der Waals surface area contributed by atoms with Crippen molar-refractivity contribution < 1.29 is 37.6 Å². The maximum atomic E-state index is 11.8. The van der Waals surface area contributed by atoms with Crippen LogP contribution in [0.2, 0.25) is 0 Å². The predicted octanol–water partition coefficient (Wildman–Crippen LogP) is 5.69. The van der Waals surface area contributed by atoms with E-state index in [-0.39, 0.29) is 13.2 Å². The van der Waals surface area contributed by atoms with Gasteiger partial charge in [0, 0.05) is 6.42 Å². The Balaban J connectivity index is 3.58. The van der Waals surface area contributed by atoms with E-state index in [4.69, 9.17) is 9.26 Å². The molecule has 0 rings (SSSR count). The first-order valence-corrected chi connectivity index (χ1v) is 15.6. The minimum absolute atomic E-state index is 0.00986. The van der Waals surface area contributed by atoms with E-state index >= 15 is 0 Å². The van der Waals surface area contributed by atoms with Crippen LogP contribution < -0.4 is 4.89 Å². The van der Waals surface area contributed by atoms with Gasteiger partial charge in [0.2, 0.25) is 0 Å². The number of allylic oxidation sites excluding steroid dienone is 4. The lowest BCUT2D eigenvalue weighted by Gasteiger charge is -2.27. The molecule has 0 aliphatic rings. The molecule has 8 nitrogen and oxygen atoms in total. The van der Waals surface area contributed by atoms with Gasteiger partial charge in [0.1, 0.15) is 25.9 Å². The summed E-state index contributed by atoms with van der Waals surface area (Å²) in [5, 5.41) is 9.81. The van der Waals surface area contributed by atoms with Crippen LogP contribution in [0.5, 0.6) is 0 Å². The normalized spacial score (nSPS) is 14.9. The molecule has 0 radical (unpaired) electrons. The third-order valence-electron chi connectivity index (χ3n) is 5.70. The Kier molecular flexibility index (Phi) is 22.3. The smallest absolute Gasteiger partial charge is 0.305 e. The summed E-state index contributed by atoms with van der Waals surface area (Å²) in [6.07, 6.45) is 23.1. The van der Waals surface area contributed by atoms with Crippen LogP contribution in [0.3, 0.4) is 0 Å². The Morgan fingerprint density at radius 1 is 0.865 bits per heavy atom. The van der Waals surface area contributed by atoms with E-state index in [9.17, 15) is 19.4 Å². The van der Waals surface area contributed by atoms with Crippen molar-refractivity contribution in [3.63, 3.8) is 0 Å². The number of hydrogen-bond acceptors (Lipinski definition) is 7. The molecule has 0 heterocycles. The van der Waals surface area contributed by atoms with Crippen LogP contribution in [-0.2, 0) is 23.1 Å². The summed E-state index contributed by atoms with van der Waals surface area (Å²) in [4.78, 5) is 23.5. The van der Waals surface area contributed by atoms with Crippen LogP contribution >= 0.6 is 7.82 Å². The van der Waals surface area contributed by atoms with Crippen molar-refractivity contribution in [2.45, 2.75) is 103 Å². The zero-order chi connectivity index (χ0) is 27.8. The van der Waals surface area contributed by atoms with Gasteiger partial charge in [0.25, 0.3) is 7.82 Å². The van der Waals surface area contributed by atoms with Gasteiger partial charge in [-0.1, -0.05) is 76.2 Å². The number of esters is 1. The molecule has 0 bridgehead atoms. The fourth-order valence-corrected chi connectivity index (χ4v) is 4.12. The van der Waals surface area contributed by atoms with Crippen LogP contribution in [0, 0.1) is 0 Å². The quantitative estimate of drug-likeness (QED) is 0.0514. The predicted molar refractivity (Wildman–Crippen MR) is 148 cm³/mol. The summed E-state index contributed by atoms with van der Waals surface area (Å²) >= 11 is 0. The molecule has 0 aliphatic carbocycles. The number of phosphoric acid groups is 1. The summed E-state index contributed by atoms with van der Waals surface area (Å²) in [6.45, 7) is 1.90. The summed E-state index contributed by atoms with van der Waals surface area (Å²) in [7, 11) is 1.24. The van der Waals surface area contributed by atoms with Gasteiger partial charge in [0.05, 0.1) is 27.7 Å². The molecule has 9 heteroatoms. The highest BCUT2D eigenvalue weighted by molar-refractivity contribution is 7.45. The number of carbonyl (C=O) groups is 1. The molecule has 2 unspecified atom stereocenters. The number of quaternary nitrogens is 1. The first kappa shape index (κ1) is 36.0. The molecule has 0 amide bonds. The van der Waals surface area contributed by atoms with Gasteiger partial charge in [-0.05, 0) is 38.5 Å². The van der Waals surface area contributed by atoms with Gasteiger partial charge >= 0.3 is 5.97 Å². The highest BCUT2D eigenvalue weighted by Gasteiger charge is 2.16. The summed E-state index contributed by atoms with van der Waals surface area (Å²) in [5.41, 5.74) is 0. The molecule has 1 N–H and O–H groups in total. The largest absolute Gasteiger partial charge is 0.756 e. The van der Waals surface area contributed by atoms with Crippen molar-refractivity contribution in [2.75, 3.05) is 47.5 Å². The number of aliphatic hydroxyl groups excluding tert-OH is 1. The van der Waals surface area contributed by atoms with Gasteiger partial charge in [-0.15, -0.1) is 0 Å². The van der Waals surface area contributed by atoms with Crippen LogP contribution in [0.25, 0.3) is 0 Å². The molecule has 0 aromatic rings. The molecule has 0 spiro atoms. The molecule has 218 valence electrons. The van der Waals surface area contributed by atoms with E-state index in [1.807, 2.05) is 21.1 Å². The van der Waals surface area contributed by atoms with Crippen molar-refractivity contribution in [3.8, 4) is 0 Å². The zero-order valence-corrected chi connectivity index (χ0v) is 24.8. The van der Waals surface area contributed by atoms with E-state index < -0.39 is 26.5 Å². The first-order chi connectivity index (χ1) is 17.6. The van der Waals surface area contributed by atoms with Gasteiger partial charge in [-0.2, -0.15) is 0 Å². The fourth-order valence-electron chi connectivity index (χ4n) is 3.38. The van der Waals surface area contributed by atoms with Gasteiger partial charge in [-0.25, -0.2) is 0 Å². The molecular formula is C28H54NO7P. The second kappa shape index (κ2) is 22.9. The first-order valence-electron chi connectivity index (χ1n) is 14.1. The molecular weight excluding hydrogens is 493 g/mol. The Bertz CT molecular complexity index is 661. The Morgan fingerprint density at radius 2 is 1.43 bits per heavy atom. The second-order valence-corrected chi connectivity index (χ2v) is 12.0. The van der Waals surface area contributed by atoms with Crippen LogP contribution in [0.4, 0.5) is 0 Å². The van der Waals surface area contributed by atoms with Crippen molar-refractivity contribution >= 4 is 13.8 Å². The van der Waals surface area contributed by atoms with Crippen molar-refractivity contribution in [3.05, 3.63) is 24.3 Å². The topological polar surface area (TPSA) is 105 Å². The lowest BCUT2D eigenvalue weighted by molar-refractivity contribution is -0.870. The van der Waals surface area contributed by atoms with E-state index in [2.05, 4.69) is 35.8 Å². The number of unbranched alkanes of at least 4 members (excludes halogenated alkanes) is 10. The van der Waals surface area contributed by atoms with E-state index in [1.54, 1.807) is 0 Å². The number of carbonyl (C=O) groups excluding carboxylic acids is 1. The number of hydrogen-bond donors (Lipinski definition) is 1. The third kappa shape index (κ3) is 27.8. The summed E-state index contributed by atoms with van der Waals surface area (Å²) < 4.78 is 26.7. The van der Waals surface area contributed by atoms with Crippen LogP contribution in [-0.4, -0.2) is 69.2 Å². The zero-order valence-electron chi connectivity index (χ0n) is 23.9. The number of phosphoric ester groups is 1. The number of likely N-dealkylation sites (N-methyl/N-ethyl adjacent to an activating group) is 1. The van der Waals surface area contributed by atoms with E-state index in [0.717, 1.165) is 32.1 Å². The minimum atomic E-state index is -4.49. The minimum Gasteiger partial charge on any atom is -0.756 e. The molecule has 0 saturated heterocycles. The Morgan fingerprint density at radius 3 is 2.03 bits per heavy atom. The second-order valence-electron chi connectivity index (χ2n) is 10.6. The summed E-state index contributed by atoms with van der Waals surface area (Å²) in [5.74, 6) is -0.397. The highest BCUT2D eigenvalue weighted by Crippen LogP contribution is 2.38. The molecule has 0 saturated carbocycles. The Hall–Kier alpha value is -1.02. The number of ether oxygens (including phenoxy) is 1. The molecule has 0 aliphatic heterocycles. The average molecular weight is 548 g/mol. The molecule has 0 aromatic heterocycles. The molecule has 2 atom stereocenters. The SMILES string of the molecule is CCCCC/C=C\C/C=C\CCCCCCCCCC(=O)OCC(O)COP(=O)([O-])OCC[N+](C)(C)C. The third-order valence-corrected chi connectivity index (χ3v) is 6.67. The lowest BCUT2D eigenvalue weighted by atomic mass is 10.1. The monoisotopic (exact) mass is 547 g/mol. The lowest BCUT2D eigenvalue weighted by Crippen LogP contribution is -2.37. The molecule has 0 aromatic carbocycles. The van der Waals surface area contributed by atoms with Crippen molar-refractivity contribution in [1.82, 2.24) is 0 Å². The molecule has 37 heavy (non-hydrogen) atoms. The van der Waals surface area contributed by atoms with Gasteiger partial charge in [-0.3, -0.25) is 9.36 Å². The summed E-state index contributed by atoms with van der Waals surface area (Å²) in [6, 6.07) is 0. The maximum Gasteiger partial charge on any atom is 0.305 e. The number of aliphatic hydroxyl groups is 1. The average Bonchev–Trinajstić information content (AvgIpc) is 2.82. The highest BCUT2D eigenvalue weighted by atomic mass is 31.2. The standard InChI is InChI=1S/C28H54NO7P/c1-5-6-7-8-9-10-11-12-13-14-15-16-17-18-19-20-21-22-28(31)34-25-27(30)26-36-37(32,33)35-24-23-29(2,3)4/h9-10,12-13,27,30H,5-8,11,14-26H2,1-4H3/b10-9-,13-12-. The van der Waals surface area contributed by atoms with E-state index in [1.165, 1.54) is 51.4 Å². The van der Waals surface area contributed by atoms with Crippen molar-refractivity contribution in [2.24, 2.45) is 0 Å². The Labute approximate surface area is 226 Å². The van der Waals surface area contributed by atoms with Crippen molar-refractivity contribution in [1.29, 1.82) is 0 Å². The van der Waals surface area contributed by atoms with Crippen LogP contribution in [0.1, 0.15) is 96.8 Å². The maximum absolute atomic E-state index is 11.8. The fraction of sp³-hybridized carbons (Fsp3) is 0.821. The van der Waals surface area contributed by atoms with Gasteiger partial charge < -0.3 is 28.3 Å². The van der Waals surface area contributed by atoms with Crippen LogP contribution in [0.15, 0.2) is 24.3 Å². The van der Waals surface area contributed by atoms with E-state index in [0.29, 0.717) is 17.4 Å². The number of rotatable bonds is 25. The van der Waals surface area contributed by atoms with Gasteiger partial charge in [0.15, 0.2) is 0 Å². The molecule has 0 fully saturated rings.